The zero-order valence-corrected chi connectivity index (χ0v) is 10.1. The first-order valence-corrected chi connectivity index (χ1v) is 5.47. The van der Waals surface area contributed by atoms with Crippen LogP contribution in [0.1, 0.15) is 35.7 Å². The number of nitrogens with one attached hydrogen (secondary N) is 1. The smallest absolute Gasteiger partial charge is 0.338 e. The van der Waals surface area contributed by atoms with Crippen molar-refractivity contribution in [1.29, 1.82) is 0 Å². The number of methoxy groups -OCH3 is 1. The molecule has 0 fully saturated rings. The maximum absolute atomic E-state index is 11.1. The van der Waals surface area contributed by atoms with Crippen LogP contribution in [-0.4, -0.2) is 23.2 Å². The van der Waals surface area contributed by atoms with E-state index in [4.69, 9.17) is 9.84 Å². The molecule has 0 radical (unpaired) electrons. The first kappa shape index (κ1) is 11.5. The normalized spacial score (nSPS) is 11.1. The van der Waals surface area contributed by atoms with Crippen LogP contribution in [0, 0.1) is 0 Å². The molecular formula is C13H15NO3. The molecule has 0 saturated heterocycles. The largest absolute Gasteiger partial charge is 0.496 e. The third-order valence-corrected chi connectivity index (χ3v) is 2.89. The van der Waals surface area contributed by atoms with Gasteiger partial charge in [0.15, 0.2) is 0 Å². The van der Waals surface area contributed by atoms with Crippen LogP contribution >= 0.6 is 0 Å². The molecule has 17 heavy (non-hydrogen) atoms. The minimum absolute atomic E-state index is 0.249. The van der Waals surface area contributed by atoms with Gasteiger partial charge < -0.3 is 14.8 Å². The van der Waals surface area contributed by atoms with Crippen molar-refractivity contribution in [3.05, 3.63) is 29.5 Å². The van der Waals surface area contributed by atoms with Gasteiger partial charge in [-0.05, 0) is 17.5 Å². The average Bonchev–Trinajstić information content (AvgIpc) is 2.70. The van der Waals surface area contributed by atoms with Crippen LogP contribution < -0.4 is 4.74 Å². The topological polar surface area (TPSA) is 62.3 Å². The van der Waals surface area contributed by atoms with E-state index in [1.54, 1.807) is 7.11 Å². The van der Waals surface area contributed by atoms with Crippen LogP contribution in [0.25, 0.3) is 10.9 Å². The van der Waals surface area contributed by atoms with Gasteiger partial charge in [-0.3, -0.25) is 0 Å². The summed E-state index contributed by atoms with van der Waals surface area (Å²) in [5.74, 6) is -0.0162. The van der Waals surface area contributed by atoms with Crippen LogP contribution in [0.5, 0.6) is 5.75 Å². The molecule has 2 aromatic rings. The Morgan fingerprint density at radius 2 is 2.12 bits per heavy atom. The van der Waals surface area contributed by atoms with Gasteiger partial charge in [0.1, 0.15) is 5.75 Å². The summed E-state index contributed by atoms with van der Waals surface area (Å²) < 4.78 is 5.39. The summed E-state index contributed by atoms with van der Waals surface area (Å²) in [6.07, 6.45) is 1.50. The Kier molecular flexibility index (Phi) is 2.79. The number of hydrogen-bond acceptors (Lipinski definition) is 2. The molecule has 0 saturated carbocycles. The van der Waals surface area contributed by atoms with Crippen molar-refractivity contribution in [1.82, 2.24) is 4.98 Å². The quantitative estimate of drug-likeness (QED) is 0.856. The second kappa shape index (κ2) is 4.13. The van der Waals surface area contributed by atoms with Crippen molar-refractivity contribution in [2.45, 2.75) is 19.8 Å². The first-order valence-electron chi connectivity index (χ1n) is 5.47. The molecule has 0 spiro atoms. The number of carbonyl (C=O) groups is 1. The highest BCUT2D eigenvalue weighted by molar-refractivity contribution is 6.06. The molecule has 1 aromatic heterocycles. The molecule has 0 bridgehead atoms. The number of fused-ring (bicyclic) bond motifs is 1. The van der Waals surface area contributed by atoms with E-state index in [1.807, 2.05) is 12.1 Å². The highest BCUT2D eigenvalue weighted by Crippen LogP contribution is 2.36. The number of aromatic amines is 1. The molecule has 2 rings (SSSR count). The minimum atomic E-state index is -0.949. The van der Waals surface area contributed by atoms with Crippen LogP contribution in [0.4, 0.5) is 0 Å². The van der Waals surface area contributed by atoms with Gasteiger partial charge in [0.05, 0.1) is 23.6 Å². The zero-order valence-electron chi connectivity index (χ0n) is 10.1. The second-order valence-electron chi connectivity index (χ2n) is 4.27. The summed E-state index contributed by atoms with van der Waals surface area (Å²) in [5, 5.41) is 9.79. The molecule has 90 valence electrons. The Morgan fingerprint density at radius 3 is 2.65 bits per heavy atom. The molecule has 0 aliphatic carbocycles. The lowest BCUT2D eigenvalue weighted by molar-refractivity contribution is 0.0699. The fourth-order valence-electron chi connectivity index (χ4n) is 2.05. The van der Waals surface area contributed by atoms with Gasteiger partial charge in [-0.1, -0.05) is 19.9 Å². The fourth-order valence-corrected chi connectivity index (χ4v) is 2.05. The van der Waals surface area contributed by atoms with Crippen molar-refractivity contribution in [3.8, 4) is 5.75 Å². The maximum Gasteiger partial charge on any atom is 0.338 e. The average molecular weight is 233 g/mol. The lowest BCUT2D eigenvalue weighted by Gasteiger charge is -2.13. The Balaban J connectivity index is 2.82. The maximum atomic E-state index is 11.1. The summed E-state index contributed by atoms with van der Waals surface area (Å²) in [6.45, 7) is 4.10. The molecule has 0 atom stereocenters. The van der Waals surface area contributed by atoms with E-state index < -0.39 is 5.97 Å². The van der Waals surface area contributed by atoms with Crippen molar-refractivity contribution >= 4 is 16.9 Å². The lowest BCUT2D eigenvalue weighted by Crippen LogP contribution is -1.99. The van der Waals surface area contributed by atoms with Crippen molar-refractivity contribution < 1.29 is 14.6 Å². The standard InChI is InChI=1S/C13H15NO3/c1-7(2)8-4-5-10-11(12(8)17-3)9(6-14-10)13(15)16/h4-7,14H,1-3H3,(H,15,16). The van der Waals surface area contributed by atoms with Crippen LogP contribution in [0.2, 0.25) is 0 Å². The third kappa shape index (κ3) is 1.75. The molecule has 0 amide bonds. The van der Waals surface area contributed by atoms with E-state index >= 15 is 0 Å². The fraction of sp³-hybridized carbons (Fsp3) is 0.308. The number of hydrogen-bond donors (Lipinski definition) is 2. The summed E-state index contributed by atoms with van der Waals surface area (Å²) in [7, 11) is 1.57. The Bertz CT molecular complexity index is 569. The molecule has 0 aliphatic heterocycles. The molecule has 1 aromatic carbocycles. The van der Waals surface area contributed by atoms with Crippen molar-refractivity contribution in [2.24, 2.45) is 0 Å². The number of H-pyrrole nitrogens is 1. The van der Waals surface area contributed by atoms with Gasteiger partial charge in [-0.25, -0.2) is 4.79 Å². The molecule has 4 heteroatoms. The number of aromatic carboxylic acids is 1. The number of rotatable bonds is 3. The van der Waals surface area contributed by atoms with E-state index in [9.17, 15) is 4.79 Å². The zero-order chi connectivity index (χ0) is 12.6. The lowest BCUT2D eigenvalue weighted by atomic mass is 9.98. The summed E-state index contributed by atoms with van der Waals surface area (Å²) in [4.78, 5) is 14.1. The minimum Gasteiger partial charge on any atom is -0.496 e. The Morgan fingerprint density at radius 1 is 1.41 bits per heavy atom. The molecule has 0 unspecified atom stereocenters. The molecule has 1 heterocycles. The van der Waals surface area contributed by atoms with Gasteiger partial charge in [0.25, 0.3) is 0 Å². The number of carboxylic acids is 1. The van der Waals surface area contributed by atoms with Gasteiger partial charge in [0, 0.05) is 6.20 Å². The number of carboxylic acid groups (broad SMARTS) is 1. The number of benzene rings is 1. The predicted molar refractivity (Wildman–Crippen MR) is 65.9 cm³/mol. The first-order chi connectivity index (χ1) is 8.06. The molecular weight excluding hydrogens is 218 g/mol. The van der Waals surface area contributed by atoms with Gasteiger partial charge in [0.2, 0.25) is 0 Å². The van der Waals surface area contributed by atoms with Gasteiger partial charge in [-0.15, -0.1) is 0 Å². The second-order valence-corrected chi connectivity index (χ2v) is 4.27. The van der Waals surface area contributed by atoms with Gasteiger partial charge in [-0.2, -0.15) is 0 Å². The predicted octanol–water partition coefficient (Wildman–Crippen LogP) is 3.00. The Hall–Kier alpha value is -1.97. The van der Waals surface area contributed by atoms with Crippen LogP contribution in [0.3, 0.4) is 0 Å². The highest BCUT2D eigenvalue weighted by Gasteiger charge is 2.18. The third-order valence-electron chi connectivity index (χ3n) is 2.89. The van der Waals surface area contributed by atoms with E-state index in [0.29, 0.717) is 11.1 Å². The van der Waals surface area contributed by atoms with Crippen molar-refractivity contribution in [2.75, 3.05) is 7.11 Å². The van der Waals surface area contributed by atoms with Crippen LogP contribution in [0.15, 0.2) is 18.3 Å². The summed E-state index contributed by atoms with van der Waals surface area (Å²) >= 11 is 0. The van der Waals surface area contributed by atoms with Gasteiger partial charge >= 0.3 is 5.97 Å². The highest BCUT2D eigenvalue weighted by atomic mass is 16.5. The van der Waals surface area contributed by atoms with E-state index in [1.165, 1.54) is 6.20 Å². The summed E-state index contributed by atoms with van der Waals surface area (Å²) in [6, 6.07) is 3.85. The summed E-state index contributed by atoms with van der Waals surface area (Å²) in [5.41, 5.74) is 2.05. The molecule has 2 N–H and O–H groups in total. The van der Waals surface area contributed by atoms with E-state index in [-0.39, 0.29) is 11.5 Å². The SMILES string of the molecule is COc1c(C(C)C)ccc2[nH]cc(C(=O)O)c12. The monoisotopic (exact) mass is 233 g/mol. The van der Waals surface area contributed by atoms with E-state index in [0.717, 1.165) is 11.1 Å². The molecule has 4 nitrogen and oxygen atoms in total. The molecule has 0 aliphatic rings. The van der Waals surface area contributed by atoms with Crippen LogP contribution in [-0.2, 0) is 0 Å². The Labute approximate surface area is 99.2 Å². The number of ether oxygens (including phenoxy) is 1. The van der Waals surface area contributed by atoms with Crippen molar-refractivity contribution in [3.63, 3.8) is 0 Å². The van der Waals surface area contributed by atoms with E-state index in [2.05, 4.69) is 18.8 Å². The number of aromatic nitrogens is 1.